The van der Waals surface area contributed by atoms with E-state index in [-0.39, 0.29) is 24.5 Å². The first-order chi connectivity index (χ1) is 8.40. The molecule has 1 atom stereocenters. The van der Waals surface area contributed by atoms with Gasteiger partial charge in [0.15, 0.2) is 11.5 Å². The van der Waals surface area contributed by atoms with E-state index in [4.69, 9.17) is 16.6 Å². The highest BCUT2D eigenvalue weighted by molar-refractivity contribution is 5.86. The van der Waals surface area contributed by atoms with Gasteiger partial charge in [0.05, 0.1) is 12.6 Å². The zero-order valence-electron chi connectivity index (χ0n) is 9.59. The summed E-state index contributed by atoms with van der Waals surface area (Å²) in [6.07, 6.45) is 0.165. The average Bonchev–Trinajstić information content (AvgIpc) is 2.30. The number of benzene rings is 1. The molecule has 0 aliphatic heterocycles. The standard InChI is InChI=1S/C11H15N3O4/c12-7(11(18)14-5-10(13)17)3-6-1-2-8(15)9(16)4-6/h1-2,4,7,15-16H,3,5,12H2,(H2,13,17)(H,14,18)/t7-/m0/s1. The molecule has 0 bridgehead atoms. The molecule has 0 aliphatic carbocycles. The van der Waals surface area contributed by atoms with Crippen LogP contribution in [0.25, 0.3) is 0 Å². The Morgan fingerprint density at radius 1 is 1.28 bits per heavy atom. The molecule has 2 amide bonds. The molecule has 1 rings (SSSR count). The van der Waals surface area contributed by atoms with Crippen molar-refractivity contribution in [3.63, 3.8) is 0 Å². The molecular formula is C11H15N3O4. The second kappa shape index (κ2) is 5.87. The minimum absolute atomic E-state index is 0.165. The Labute approximate surface area is 103 Å². The number of carbonyl (C=O) groups excluding carboxylic acids is 2. The van der Waals surface area contributed by atoms with E-state index in [0.29, 0.717) is 5.56 Å². The summed E-state index contributed by atoms with van der Waals surface area (Å²) >= 11 is 0. The number of nitrogens with two attached hydrogens (primary N) is 2. The molecule has 1 aromatic rings. The topological polar surface area (TPSA) is 139 Å². The van der Waals surface area contributed by atoms with E-state index in [2.05, 4.69) is 5.32 Å². The molecule has 0 aromatic heterocycles. The number of nitrogens with one attached hydrogen (secondary N) is 1. The first-order valence-corrected chi connectivity index (χ1v) is 5.22. The Hall–Kier alpha value is -2.28. The number of amides is 2. The van der Waals surface area contributed by atoms with Crippen LogP contribution in [0.5, 0.6) is 11.5 Å². The second-order valence-corrected chi connectivity index (χ2v) is 3.82. The van der Waals surface area contributed by atoms with Gasteiger partial charge in [-0.25, -0.2) is 0 Å². The summed E-state index contributed by atoms with van der Waals surface area (Å²) in [7, 11) is 0. The molecule has 7 N–H and O–H groups in total. The number of phenolic OH excluding ortho intramolecular Hbond substituents is 2. The maximum Gasteiger partial charge on any atom is 0.237 e. The van der Waals surface area contributed by atoms with Crippen LogP contribution in [0.2, 0.25) is 0 Å². The smallest absolute Gasteiger partial charge is 0.237 e. The lowest BCUT2D eigenvalue weighted by atomic mass is 10.1. The number of phenols is 2. The fourth-order valence-corrected chi connectivity index (χ4v) is 1.35. The van der Waals surface area contributed by atoms with E-state index < -0.39 is 17.9 Å². The Morgan fingerprint density at radius 3 is 2.50 bits per heavy atom. The first-order valence-electron chi connectivity index (χ1n) is 5.22. The van der Waals surface area contributed by atoms with Gasteiger partial charge in [-0.3, -0.25) is 9.59 Å². The highest BCUT2D eigenvalue weighted by Gasteiger charge is 2.15. The minimum Gasteiger partial charge on any atom is -0.504 e. The third-order valence-electron chi connectivity index (χ3n) is 2.27. The van der Waals surface area contributed by atoms with Gasteiger partial charge in [0, 0.05) is 0 Å². The molecule has 0 saturated heterocycles. The Kier molecular flexibility index (Phi) is 4.50. The average molecular weight is 253 g/mol. The molecule has 7 heteroatoms. The largest absolute Gasteiger partial charge is 0.504 e. The molecule has 0 spiro atoms. The maximum atomic E-state index is 11.4. The van der Waals surface area contributed by atoms with Gasteiger partial charge in [0.1, 0.15) is 0 Å². The van der Waals surface area contributed by atoms with E-state index in [0.717, 1.165) is 0 Å². The van der Waals surface area contributed by atoms with Crippen molar-refractivity contribution in [1.82, 2.24) is 5.32 Å². The first kappa shape index (κ1) is 13.8. The van der Waals surface area contributed by atoms with Crippen LogP contribution in [-0.2, 0) is 16.0 Å². The fraction of sp³-hybridized carbons (Fsp3) is 0.273. The summed E-state index contributed by atoms with van der Waals surface area (Å²) in [4.78, 5) is 21.9. The Morgan fingerprint density at radius 2 is 1.94 bits per heavy atom. The summed E-state index contributed by atoms with van der Waals surface area (Å²) < 4.78 is 0. The van der Waals surface area contributed by atoms with Crippen molar-refractivity contribution in [2.45, 2.75) is 12.5 Å². The van der Waals surface area contributed by atoms with E-state index in [1.54, 1.807) is 0 Å². The normalized spacial score (nSPS) is 11.8. The van der Waals surface area contributed by atoms with Crippen molar-refractivity contribution in [2.24, 2.45) is 11.5 Å². The van der Waals surface area contributed by atoms with Crippen molar-refractivity contribution in [2.75, 3.05) is 6.54 Å². The number of hydrogen-bond donors (Lipinski definition) is 5. The summed E-state index contributed by atoms with van der Waals surface area (Å²) in [6, 6.07) is 3.29. The van der Waals surface area contributed by atoms with E-state index >= 15 is 0 Å². The second-order valence-electron chi connectivity index (χ2n) is 3.82. The molecule has 1 aromatic carbocycles. The van der Waals surface area contributed by atoms with E-state index in [9.17, 15) is 14.7 Å². The summed E-state index contributed by atoms with van der Waals surface area (Å²) in [6.45, 7) is -0.270. The summed E-state index contributed by atoms with van der Waals surface area (Å²) in [5, 5.41) is 20.7. The molecule has 18 heavy (non-hydrogen) atoms. The van der Waals surface area contributed by atoms with Gasteiger partial charge in [-0.05, 0) is 24.1 Å². The fourth-order valence-electron chi connectivity index (χ4n) is 1.35. The molecule has 0 heterocycles. The van der Waals surface area contributed by atoms with Gasteiger partial charge in [-0.2, -0.15) is 0 Å². The van der Waals surface area contributed by atoms with Crippen LogP contribution in [0.4, 0.5) is 0 Å². The lowest BCUT2D eigenvalue weighted by molar-refractivity contribution is -0.125. The molecular weight excluding hydrogens is 238 g/mol. The molecule has 0 saturated carbocycles. The number of carbonyl (C=O) groups is 2. The lowest BCUT2D eigenvalue weighted by Gasteiger charge is -2.11. The van der Waals surface area contributed by atoms with Gasteiger partial charge >= 0.3 is 0 Å². The van der Waals surface area contributed by atoms with Crippen LogP contribution in [0, 0.1) is 0 Å². The zero-order chi connectivity index (χ0) is 13.7. The molecule has 0 fully saturated rings. The highest BCUT2D eigenvalue weighted by atomic mass is 16.3. The van der Waals surface area contributed by atoms with Crippen molar-refractivity contribution in [3.8, 4) is 11.5 Å². The molecule has 98 valence electrons. The summed E-state index contributed by atoms with van der Waals surface area (Å²) in [5.41, 5.74) is 11.1. The number of hydrogen-bond acceptors (Lipinski definition) is 5. The molecule has 0 unspecified atom stereocenters. The van der Waals surface area contributed by atoms with Crippen LogP contribution in [0.1, 0.15) is 5.56 Å². The van der Waals surface area contributed by atoms with Crippen molar-refractivity contribution < 1.29 is 19.8 Å². The molecule has 0 radical (unpaired) electrons. The highest BCUT2D eigenvalue weighted by Crippen LogP contribution is 2.25. The van der Waals surface area contributed by atoms with Crippen LogP contribution < -0.4 is 16.8 Å². The van der Waals surface area contributed by atoms with Gasteiger partial charge in [0.25, 0.3) is 0 Å². The number of aromatic hydroxyl groups is 2. The lowest BCUT2D eigenvalue weighted by Crippen LogP contribution is -2.44. The SMILES string of the molecule is NC(=O)CNC(=O)[C@@H](N)Cc1ccc(O)c(O)c1. The van der Waals surface area contributed by atoms with E-state index in [1.807, 2.05) is 0 Å². The monoisotopic (exact) mass is 253 g/mol. The van der Waals surface area contributed by atoms with Gasteiger partial charge in [-0.15, -0.1) is 0 Å². The Balaban J connectivity index is 2.58. The van der Waals surface area contributed by atoms with Crippen LogP contribution in [0.3, 0.4) is 0 Å². The predicted molar refractivity (Wildman–Crippen MR) is 63.7 cm³/mol. The molecule has 0 aliphatic rings. The van der Waals surface area contributed by atoms with Gasteiger partial charge in [-0.1, -0.05) is 6.07 Å². The Bertz CT molecular complexity index is 462. The number of rotatable bonds is 5. The summed E-state index contributed by atoms with van der Waals surface area (Å²) in [5.74, 6) is -1.69. The van der Waals surface area contributed by atoms with Gasteiger partial charge < -0.3 is 27.0 Å². The van der Waals surface area contributed by atoms with Crippen LogP contribution in [-0.4, -0.2) is 34.6 Å². The molecule has 7 nitrogen and oxygen atoms in total. The maximum absolute atomic E-state index is 11.4. The quantitative estimate of drug-likeness (QED) is 0.409. The van der Waals surface area contributed by atoms with Crippen molar-refractivity contribution in [1.29, 1.82) is 0 Å². The van der Waals surface area contributed by atoms with Crippen LogP contribution >= 0.6 is 0 Å². The van der Waals surface area contributed by atoms with Crippen molar-refractivity contribution in [3.05, 3.63) is 23.8 Å². The predicted octanol–water partition coefficient (Wildman–Crippen LogP) is -1.43. The van der Waals surface area contributed by atoms with Gasteiger partial charge in [0.2, 0.25) is 11.8 Å². The van der Waals surface area contributed by atoms with E-state index in [1.165, 1.54) is 18.2 Å². The minimum atomic E-state index is -0.867. The zero-order valence-corrected chi connectivity index (χ0v) is 9.59. The number of primary amides is 1. The van der Waals surface area contributed by atoms with Crippen molar-refractivity contribution >= 4 is 11.8 Å². The third kappa shape index (κ3) is 3.95. The van der Waals surface area contributed by atoms with Crippen LogP contribution in [0.15, 0.2) is 18.2 Å². The third-order valence-corrected chi connectivity index (χ3v) is 2.27.